The highest BCUT2D eigenvalue weighted by Gasteiger charge is 2.09. The molecule has 0 aliphatic rings. The van der Waals surface area contributed by atoms with Gasteiger partial charge in [0.2, 0.25) is 10.4 Å². The van der Waals surface area contributed by atoms with Crippen LogP contribution < -0.4 is 0 Å². The molecule has 0 amide bonds. The molecule has 0 aliphatic heterocycles. The van der Waals surface area contributed by atoms with Gasteiger partial charge in [0.25, 0.3) is 0 Å². The summed E-state index contributed by atoms with van der Waals surface area (Å²) in [5.41, 5.74) is 0. The smallest absolute Gasteiger partial charge is 0.307 e. The Morgan fingerprint density at radius 3 is 1.88 bits per heavy atom. The molecule has 0 aromatic carbocycles. The van der Waals surface area contributed by atoms with Crippen LogP contribution in [0.25, 0.3) is 0 Å². The Morgan fingerprint density at radius 1 is 1.35 bits per heavy atom. The van der Waals surface area contributed by atoms with Crippen molar-refractivity contribution in [3.8, 4) is 0 Å². The quantitative estimate of drug-likeness (QED) is 0.246. The molecule has 6 nitrogen and oxygen atoms in total. The maximum atomic E-state index is 9.45. The van der Waals surface area contributed by atoms with Crippen LogP contribution >= 0.6 is 11.8 Å². The molecule has 0 atom stereocenters. The van der Waals surface area contributed by atoms with E-state index in [0.29, 0.717) is 0 Å². The van der Waals surface area contributed by atoms with Gasteiger partial charge >= 0.3 is 5.17 Å². The van der Waals surface area contributed by atoms with Gasteiger partial charge in [-0.05, 0) is 18.7 Å². The molecule has 0 saturated carbocycles. The summed E-state index contributed by atoms with van der Waals surface area (Å²) in [6, 6.07) is 0. The number of hydrogen-bond acceptors (Lipinski definition) is 5. The van der Waals surface area contributed by atoms with Crippen LogP contribution in [-0.2, 0) is 14.6 Å². The minimum absolute atomic E-state index is 0.0914. The van der Waals surface area contributed by atoms with Crippen molar-refractivity contribution in [3.63, 3.8) is 0 Å². The Hall–Kier alpha value is -0.310. The number of thioether (sulfide) groups is 1. The molecule has 0 unspecified atom stereocenters. The van der Waals surface area contributed by atoms with Gasteiger partial charge in [0.05, 0.1) is 34.8 Å². The van der Waals surface area contributed by atoms with E-state index in [2.05, 4.69) is 48.8 Å². The minimum Gasteiger partial charge on any atom is -0.726 e. The molecule has 0 radical (unpaired) electrons. The van der Waals surface area contributed by atoms with E-state index in [1.807, 2.05) is 11.8 Å². The number of nitrogens with zero attached hydrogens (tertiary/aromatic N) is 2. The third-order valence-corrected chi connectivity index (χ3v) is 3.10. The second-order valence-corrected chi connectivity index (χ2v) is 5.60. The Kier molecular flexibility index (Phi) is 10.9. The third kappa shape index (κ3) is 13.6. The lowest BCUT2D eigenvalue weighted by Crippen LogP contribution is -2.26. The van der Waals surface area contributed by atoms with E-state index in [0.717, 1.165) is 5.75 Å². The second kappa shape index (κ2) is 9.69. The largest absolute Gasteiger partial charge is 0.726 e. The van der Waals surface area contributed by atoms with Crippen molar-refractivity contribution in [2.45, 2.75) is 13.8 Å². The summed E-state index contributed by atoms with van der Waals surface area (Å²) in [5, 5.41) is 1.31. The zero-order valence-corrected chi connectivity index (χ0v) is 12.9. The van der Waals surface area contributed by atoms with Gasteiger partial charge in [-0.15, -0.1) is 0 Å². The van der Waals surface area contributed by atoms with Crippen LogP contribution in [0.15, 0.2) is 0 Å². The Balaban J connectivity index is 0. The first-order valence-electron chi connectivity index (χ1n) is 5.10. The Labute approximate surface area is 109 Å². The summed E-state index contributed by atoms with van der Waals surface area (Å²) >= 11 is 1.86. The fourth-order valence-electron chi connectivity index (χ4n) is 0.932. The molecule has 17 heavy (non-hydrogen) atoms. The highest BCUT2D eigenvalue weighted by atomic mass is 32.3. The highest BCUT2D eigenvalue weighted by molar-refractivity contribution is 8.13. The first kappa shape index (κ1) is 19.0. The molecule has 0 fully saturated rings. The molecule has 0 spiro atoms. The molecule has 0 aromatic rings. The molecule has 0 heterocycles. The first-order chi connectivity index (χ1) is 7.65. The van der Waals surface area contributed by atoms with Crippen molar-refractivity contribution in [2.24, 2.45) is 0 Å². The van der Waals surface area contributed by atoms with Gasteiger partial charge in [0, 0.05) is 5.75 Å². The van der Waals surface area contributed by atoms with Crippen LogP contribution in [0, 0.1) is 0 Å². The normalized spacial score (nSPS) is 10.3. The Morgan fingerprint density at radius 2 is 1.82 bits per heavy atom. The van der Waals surface area contributed by atoms with Crippen LogP contribution in [0.4, 0.5) is 0 Å². The SMILES string of the molecule is CCOS(=O)(=O)[O-].CCSC(N(C)C)=[N+](C)C. The highest BCUT2D eigenvalue weighted by Crippen LogP contribution is 2.03. The summed E-state index contributed by atoms with van der Waals surface area (Å²) in [7, 11) is 3.85. The average Bonchev–Trinajstić information content (AvgIpc) is 2.12. The van der Waals surface area contributed by atoms with E-state index in [1.54, 1.807) is 0 Å². The lowest BCUT2D eigenvalue weighted by atomic mass is 10.9. The van der Waals surface area contributed by atoms with Gasteiger partial charge < -0.3 is 4.55 Å². The molecule has 0 rings (SSSR count). The molecule has 0 saturated heterocycles. The Bertz CT molecular complexity index is 322. The molecule has 0 aliphatic carbocycles. The van der Waals surface area contributed by atoms with E-state index in [9.17, 15) is 13.0 Å². The molecular weight excluding hydrogens is 264 g/mol. The van der Waals surface area contributed by atoms with Crippen LogP contribution in [0.5, 0.6) is 0 Å². The molecule has 104 valence electrons. The molecule has 0 N–H and O–H groups in total. The van der Waals surface area contributed by atoms with Gasteiger partial charge in [0.15, 0.2) is 0 Å². The van der Waals surface area contributed by atoms with Crippen LogP contribution in [-0.4, -0.2) is 68.2 Å². The van der Waals surface area contributed by atoms with Crippen LogP contribution in [0.1, 0.15) is 13.8 Å². The first-order valence-corrected chi connectivity index (χ1v) is 7.42. The minimum atomic E-state index is -4.42. The zero-order valence-electron chi connectivity index (χ0n) is 11.3. The number of amidine groups is 1. The van der Waals surface area contributed by atoms with E-state index >= 15 is 0 Å². The average molecular weight is 286 g/mol. The summed E-state index contributed by atoms with van der Waals surface area (Å²) in [6.45, 7) is 3.50. The van der Waals surface area contributed by atoms with E-state index in [-0.39, 0.29) is 6.61 Å². The number of hydrogen-bond donors (Lipinski definition) is 0. The van der Waals surface area contributed by atoms with Crippen LogP contribution in [0.2, 0.25) is 0 Å². The van der Waals surface area contributed by atoms with Crippen molar-refractivity contribution in [1.29, 1.82) is 0 Å². The zero-order chi connectivity index (χ0) is 14.1. The van der Waals surface area contributed by atoms with Gasteiger partial charge in [-0.2, -0.15) is 0 Å². The molecule has 0 aromatic heterocycles. The van der Waals surface area contributed by atoms with E-state index in [1.165, 1.54) is 12.1 Å². The van der Waals surface area contributed by atoms with Crippen LogP contribution in [0.3, 0.4) is 0 Å². The predicted molar refractivity (Wildman–Crippen MR) is 70.3 cm³/mol. The summed E-state index contributed by atoms with van der Waals surface area (Å²) < 4.78 is 34.1. The third-order valence-electron chi connectivity index (χ3n) is 1.30. The van der Waals surface area contributed by atoms with Gasteiger partial charge in [-0.3, -0.25) is 13.7 Å². The molecule has 8 heteroatoms. The predicted octanol–water partition coefficient (Wildman–Crippen LogP) is 0.412. The van der Waals surface area contributed by atoms with E-state index in [4.69, 9.17) is 0 Å². The van der Waals surface area contributed by atoms with E-state index < -0.39 is 10.4 Å². The molecular formula is C9H22N2O4S2. The second-order valence-electron chi connectivity index (χ2n) is 3.32. The lowest BCUT2D eigenvalue weighted by molar-refractivity contribution is -0.466. The summed E-state index contributed by atoms with van der Waals surface area (Å²) in [6.07, 6.45) is 0. The van der Waals surface area contributed by atoms with Crippen molar-refractivity contribution in [3.05, 3.63) is 0 Å². The van der Waals surface area contributed by atoms with Gasteiger partial charge in [-0.25, -0.2) is 8.42 Å². The summed E-state index contributed by atoms with van der Waals surface area (Å²) in [4.78, 5) is 2.13. The van der Waals surface area contributed by atoms with Gasteiger partial charge in [-0.1, -0.05) is 6.92 Å². The fourth-order valence-corrected chi connectivity index (χ4v) is 1.99. The lowest BCUT2D eigenvalue weighted by Gasteiger charge is -2.08. The maximum absolute atomic E-state index is 9.45. The monoisotopic (exact) mass is 286 g/mol. The maximum Gasteiger partial charge on any atom is 0.307 e. The fraction of sp³-hybridized carbons (Fsp3) is 0.889. The van der Waals surface area contributed by atoms with Crippen molar-refractivity contribution >= 4 is 27.3 Å². The number of rotatable bonds is 3. The van der Waals surface area contributed by atoms with Crippen molar-refractivity contribution in [1.82, 2.24) is 4.90 Å². The van der Waals surface area contributed by atoms with Crippen molar-refractivity contribution in [2.75, 3.05) is 40.6 Å². The standard InChI is InChI=1S/C7H17N2S.C2H6O4S/c1-6-10-7(8(2)3)9(4)5;1-2-6-7(3,4)5/h6H2,1-5H3;2H2,1H3,(H,3,4,5)/q+1;/p-1. The van der Waals surface area contributed by atoms with Crippen molar-refractivity contribution < 1.29 is 21.7 Å². The molecule has 0 bridgehead atoms. The van der Waals surface area contributed by atoms with Gasteiger partial charge in [0.1, 0.15) is 0 Å². The topological polar surface area (TPSA) is 72.7 Å². The summed E-state index contributed by atoms with van der Waals surface area (Å²) in [5.74, 6) is 1.13.